The molecule has 1 rings (SSSR count). The van der Waals surface area contributed by atoms with Gasteiger partial charge in [-0.3, -0.25) is 4.79 Å². The first-order valence-corrected chi connectivity index (χ1v) is 5.98. The Labute approximate surface area is 111 Å². The van der Waals surface area contributed by atoms with E-state index in [1.807, 2.05) is 0 Å². The van der Waals surface area contributed by atoms with E-state index in [2.05, 4.69) is 4.74 Å². The van der Waals surface area contributed by atoms with Crippen molar-refractivity contribution in [3.63, 3.8) is 0 Å². The molecule has 0 radical (unpaired) electrons. The van der Waals surface area contributed by atoms with Crippen LogP contribution in [0, 0.1) is 24.0 Å². The van der Waals surface area contributed by atoms with E-state index >= 15 is 0 Å². The molecule has 0 heterocycles. The van der Waals surface area contributed by atoms with E-state index in [4.69, 9.17) is 5.73 Å². The van der Waals surface area contributed by atoms with Crippen LogP contribution in [0.2, 0.25) is 0 Å². The number of methoxy groups -OCH3 is 1. The Hall–Kier alpha value is -1.49. The van der Waals surface area contributed by atoms with Crippen LogP contribution >= 0.6 is 0 Å². The number of hydrogen-bond acceptors (Lipinski definition) is 3. The van der Waals surface area contributed by atoms with Gasteiger partial charge < -0.3 is 10.5 Å². The van der Waals surface area contributed by atoms with Crippen LogP contribution in [0.3, 0.4) is 0 Å². The van der Waals surface area contributed by atoms with Gasteiger partial charge in [0, 0.05) is 17.7 Å². The number of ether oxygens (including phenoxy) is 1. The van der Waals surface area contributed by atoms with Crippen LogP contribution < -0.4 is 5.73 Å². The summed E-state index contributed by atoms with van der Waals surface area (Å²) in [4.78, 5) is 11.6. The van der Waals surface area contributed by atoms with E-state index in [-0.39, 0.29) is 12.0 Å². The van der Waals surface area contributed by atoms with Crippen molar-refractivity contribution in [2.45, 2.75) is 33.2 Å². The van der Waals surface area contributed by atoms with Gasteiger partial charge >= 0.3 is 5.97 Å². The highest BCUT2D eigenvalue weighted by Crippen LogP contribution is 2.31. The van der Waals surface area contributed by atoms with E-state index in [0.29, 0.717) is 5.56 Å². The molecule has 0 aliphatic heterocycles. The van der Waals surface area contributed by atoms with E-state index in [0.717, 1.165) is 6.07 Å². The number of halogens is 2. The van der Waals surface area contributed by atoms with Crippen LogP contribution in [-0.4, -0.2) is 13.1 Å². The minimum atomic E-state index is -0.830. The highest BCUT2D eigenvalue weighted by Gasteiger charge is 2.32. The molecule has 0 saturated carbocycles. The van der Waals surface area contributed by atoms with Gasteiger partial charge in [0.1, 0.15) is 11.6 Å². The van der Waals surface area contributed by atoms with Crippen molar-refractivity contribution in [3.8, 4) is 0 Å². The van der Waals surface area contributed by atoms with Gasteiger partial charge in [0.05, 0.1) is 12.5 Å². The predicted octanol–water partition coefficient (Wildman–Crippen LogP) is 2.86. The zero-order valence-corrected chi connectivity index (χ0v) is 11.6. The number of carbonyl (C=O) groups is 1. The van der Waals surface area contributed by atoms with Crippen molar-refractivity contribution in [2.75, 3.05) is 7.11 Å². The fourth-order valence-electron chi connectivity index (χ4n) is 1.98. The third-order valence-electron chi connectivity index (χ3n) is 3.15. The maximum absolute atomic E-state index is 13.7. The fraction of sp³-hybridized carbons (Fsp3) is 0.500. The lowest BCUT2D eigenvalue weighted by molar-refractivity contribution is -0.151. The Morgan fingerprint density at radius 2 is 1.95 bits per heavy atom. The summed E-state index contributed by atoms with van der Waals surface area (Å²) in [5.74, 6) is -1.72. The SMILES string of the molecule is COC(=O)C(C)(C)CC(N)c1cc(C)c(F)cc1F. The van der Waals surface area contributed by atoms with Gasteiger partial charge in [0.2, 0.25) is 0 Å². The van der Waals surface area contributed by atoms with Gasteiger partial charge in [0.25, 0.3) is 0 Å². The zero-order chi connectivity index (χ0) is 14.8. The Morgan fingerprint density at radius 1 is 1.37 bits per heavy atom. The summed E-state index contributed by atoms with van der Waals surface area (Å²) in [5, 5.41) is 0. The average Bonchev–Trinajstić information content (AvgIpc) is 2.31. The van der Waals surface area contributed by atoms with Gasteiger partial charge in [-0.2, -0.15) is 0 Å². The van der Waals surface area contributed by atoms with Crippen molar-refractivity contribution in [2.24, 2.45) is 11.1 Å². The number of hydrogen-bond donors (Lipinski definition) is 1. The minimum absolute atomic E-state index is 0.205. The van der Waals surface area contributed by atoms with E-state index < -0.39 is 29.1 Å². The second-order valence-corrected chi connectivity index (χ2v) is 5.31. The van der Waals surface area contributed by atoms with Gasteiger partial charge in [-0.05, 0) is 38.8 Å². The van der Waals surface area contributed by atoms with Gasteiger partial charge in [-0.15, -0.1) is 0 Å². The average molecular weight is 271 g/mol. The number of rotatable bonds is 4. The normalized spacial score (nSPS) is 13.2. The summed E-state index contributed by atoms with van der Waals surface area (Å²) < 4.78 is 31.6. The standard InChI is InChI=1S/C14H19F2NO2/c1-8-5-9(11(16)6-10(8)15)12(17)7-14(2,3)13(18)19-4/h5-6,12H,7,17H2,1-4H3. The Balaban J connectivity index is 2.99. The van der Waals surface area contributed by atoms with Crippen molar-refractivity contribution >= 4 is 5.97 Å². The van der Waals surface area contributed by atoms with Crippen molar-refractivity contribution in [1.82, 2.24) is 0 Å². The van der Waals surface area contributed by atoms with Gasteiger partial charge in [-0.25, -0.2) is 8.78 Å². The first-order chi connectivity index (χ1) is 8.69. The first kappa shape index (κ1) is 15.6. The highest BCUT2D eigenvalue weighted by molar-refractivity contribution is 5.75. The molecule has 106 valence electrons. The summed E-state index contributed by atoms with van der Waals surface area (Å²) in [6, 6.07) is 1.49. The highest BCUT2D eigenvalue weighted by atomic mass is 19.1. The molecule has 3 nitrogen and oxygen atoms in total. The molecule has 19 heavy (non-hydrogen) atoms. The summed E-state index contributed by atoms with van der Waals surface area (Å²) in [5.41, 5.74) is 5.62. The van der Waals surface area contributed by atoms with Crippen molar-refractivity contribution in [1.29, 1.82) is 0 Å². The molecule has 5 heteroatoms. The lowest BCUT2D eigenvalue weighted by atomic mass is 9.83. The van der Waals surface area contributed by atoms with Crippen LogP contribution in [0.25, 0.3) is 0 Å². The second-order valence-electron chi connectivity index (χ2n) is 5.31. The zero-order valence-electron chi connectivity index (χ0n) is 11.6. The first-order valence-electron chi connectivity index (χ1n) is 5.98. The molecule has 0 fully saturated rings. The summed E-state index contributed by atoms with van der Waals surface area (Å²) in [6.07, 6.45) is 0.210. The number of carbonyl (C=O) groups excluding carboxylic acids is 1. The summed E-state index contributed by atoms with van der Waals surface area (Å²) in [7, 11) is 1.29. The van der Waals surface area contributed by atoms with Gasteiger partial charge in [0.15, 0.2) is 0 Å². The Morgan fingerprint density at radius 3 is 2.47 bits per heavy atom. The molecule has 0 aliphatic carbocycles. The Bertz CT molecular complexity index is 487. The van der Waals surface area contributed by atoms with Crippen LogP contribution in [-0.2, 0) is 9.53 Å². The molecule has 1 aromatic rings. The molecular formula is C14H19F2NO2. The van der Waals surface area contributed by atoms with E-state index in [9.17, 15) is 13.6 Å². The second kappa shape index (κ2) is 5.65. The monoisotopic (exact) mass is 271 g/mol. The summed E-state index contributed by atoms with van der Waals surface area (Å²) >= 11 is 0. The van der Waals surface area contributed by atoms with Crippen molar-refractivity contribution < 1.29 is 18.3 Å². The van der Waals surface area contributed by atoms with Crippen LogP contribution in [0.4, 0.5) is 8.78 Å². The largest absolute Gasteiger partial charge is 0.469 e. The predicted molar refractivity (Wildman–Crippen MR) is 68.4 cm³/mol. The fourth-order valence-corrected chi connectivity index (χ4v) is 1.98. The molecular weight excluding hydrogens is 252 g/mol. The minimum Gasteiger partial charge on any atom is -0.469 e. The van der Waals surface area contributed by atoms with E-state index in [1.165, 1.54) is 20.1 Å². The lowest BCUT2D eigenvalue weighted by Gasteiger charge is -2.25. The molecule has 1 unspecified atom stereocenters. The molecule has 0 saturated heterocycles. The quantitative estimate of drug-likeness (QED) is 0.857. The molecule has 0 aliphatic rings. The van der Waals surface area contributed by atoms with Crippen LogP contribution in [0.1, 0.15) is 37.4 Å². The molecule has 1 atom stereocenters. The van der Waals surface area contributed by atoms with Crippen LogP contribution in [0.5, 0.6) is 0 Å². The van der Waals surface area contributed by atoms with Gasteiger partial charge in [-0.1, -0.05) is 0 Å². The molecule has 1 aromatic carbocycles. The molecule has 0 aromatic heterocycles. The molecule has 0 amide bonds. The van der Waals surface area contributed by atoms with Crippen LogP contribution in [0.15, 0.2) is 12.1 Å². The topological polar surface area (TPSA) is 52.3 Å². The molecule has 0 bridgehead atoms. The smallest absolute Gasteiger partial charge is 0.311 e. The third kappa shape index (κ3) is 3.50. The number of aryl methyl sites for hydroxylation is 1. The Kier molecular flexibility index (Phi) is 4.63. The molecule has 0 spiro atoms. The number of nitrogens with two attached hydrogens (primary N) is 1. The maximum Gasteiger partial charge on any atom is 0.311 e. The summed E-state index contributed by atoms with van der Waals surface area (Å²) in [6.45, 7) is 4.89. The van der Waals surface area contributed by atoms with Crippen molar-refractivity contribution in [3.05, 3.63) is 34.9 Å². The number of esters is 1. The van der Waals surface area contributed by atoms with E-state index in [1.54, 1.807) is 13.8 Å². The lowest BCUT2D eigenvalue weighted by Crippen LogP contribution is -2.30. The third-order valence-corrected chi connectivity index (χ3v) is 3.15. The molecule has 2 N–H and O–H groups in total. The number of benzene rings is 1. The maximum atomic E-state index is 13.7.